The first-order valence-corrected chi connectivity index (χ1v) is 2.99. The molecule has 7 heteroatoms. The highest BCUT2D eigenvalue weighted by molar-refractivity contribution is 5.73. The van der Waals surface area contributed by atoms with Gasteiger partial charge in [0.2, 0.25) is 0 Å². The van der Waals surface area contributed by atoms with E-state index in [1.54, 1.807) is 13.0 Å². The molecule has 0 unspecified atom stereocenters. The number of aliphatic hydroxyl groups excluding tert-OH is 1. The van der Waals surface area contributed by atoms with Crippen LogP contribution in [0.1, 0.15) is 13.8 Å². The van der Waals surface area contributed by atoms with Crippen molar-refractivity contribution < 1.29 is 28.2 Å². The maximum absolute atomic E-state index is 10.6. The molecule has 0 aliphatic rings. The number of hydrogen-bond acceptors (Lipinski definition) is 3. The Balaban J connectivity index is -0.000000140. The molecule has 0 saturated carbocycles. The standard InChI is InChI=1S/C2HF3O2.C2H3N.C2H6O/c3-2(4,5)1(6)7;2*1-2-3/h(H,6,7);1H3;3H,2H2,1H3. The maximum atomic E-state index is 10.6. The van der Waals surface area contributed by atoms with Crippen molar-refractivity contribution in [2.45, 2.75) is 20.0 Å². The van der Waals surface area contributed by atoms with Gasteiger partial charge in [-0.15, -0.1) is 0 Å². The molecule has 13 heavy (non-hydrogen) atoms. The number of halogens is 3. The van der Waals surface area contributed by atoms with Crippen LogP contribution in [0.25, 0.3) is 0 Å². The summed E-state index contributed by atoms with van der Waals surface area (Å²) in [6.07, 6.45) is -5.08. The van der Waals surface area contributed by atoms with Crippen LogP contribution in [0.15, 0.2) is 0 Å². The fraction of sp³-hybridized carbons (Fsp3) is 0.667. The Bertz CT molecular complexity index is 161. The SMILES string of the molecule is CC#N.CCO.O=C(O)C(F)(F)F. The molecule has 0 aromatic rings. The highest BCUT2D eigenvalue weighted by Gasteiger charge is 2.38. The maximum Gasteiger partial charge on any atom is 0.490 e. The van der Waals surface area contributed by atoms with Crippen molar-refractivity contribution in [3.05, 3.63) is 0 Å². The molecular formula is C6H10F3NO3. The van der Waals surface area contributed by atoms with Crippen LogP contribution in [0, 0.1) is 11.3 Å². The van der Waals surface area contributed by atoms with Gasteiger partial charge in [-0.3, -0.25) is 0 Å². The number of hydrogen-bond donors (Lipinski definition) is 2. The molecule has 0 aromatic carbocycles. The summed E-state index contributed by atoms with van der Waals surface area (Å²) < 4.78 is 31.7. The van der Waals surface area contributed by atoms with Crippen molar-refractivity contribution in [2.75, 3.05) is 6.61 Å². The second kappa shape index (κ2) is 10.7. The molecule has 0 aliphatic carbocycles. The Kier molecular flexibility index (Phi) is 14.6. The monoisotopic (exact) mass is 201 g/mol. The number of carboxylic acids is 1. The third-order valence-electron chi connectivity index (χ3n) is 0.243. The summed E-state index contributed by atoms with van der Waals surface area (Å²) in [7, 11) is 0. The molecule has 4 nitrogen and oxygen atoms in total. The molecular weight excluding hydrogens is 191 g/mol. The smallest absolute Gasteiger partial charge is 0.475 e. The molecule has 0 heterocycles. The van der Waals surface area contributed by atoms with Gasteiger partial charge in [0, 0.05) is 13.5 Å². The van der Waals surface area contributed by atoms with Gasteiger partial charge in [0.1, 0.15) is 0 Å². The summed E-state index contributed by atoms with van der Waals surface area (Å²) in [5.41, 5.74) is 0. The van der Waals surface area contributed by atoms with Crippen LogP contribution in [0.5, 0.6) is 0 Å². The van der Waals surface area contributed by atoms with Gasteiger partial charge in [0.05, 0.1) is 6.07 Å². The summed E-state index contributed by atoms with van der Waals surface area (Å²) in [6.45, 7) is 3.36. The van der Waals surface area contributed by atoms with E-state index in [1.165, 1.54) is 6.92 Å². The van der Waals surface area contributed by atoms with Gasteiger partial charge >= 0.3 is 12.1 Å². The van der Waals surface area contributed by atoms with Gasteiger partial charge < -0.3 is 10.2 Å². The number of aliphatic hydroxyl groups is 1. The van der Waals surface area contributed by atoms with Crippen LogP contribution < -0.4 is 0 Å². The third kappa shape index (κ3) is 36.6. The van der Waals surface area contributed by atoms with E-state index < -0.39 is 12.1 Å². The number of alkyl halides is 3. The fourth-order valence-corrected chi connectivity index (χ4v) is 0. The molecule has 2 N–H and O–H groups in total. The van der Waals surface area contributed by atoms with E-state index in [1.807, 2.05) is 0 Å². The fourth-order valence-electron chi connectivity index (χ4n) is 0. The average molecular weight is 201 g/mol. The minimum atomic E-state index is -5.08. The minimum Gasteiger partial charge on any atom is -0.475 e. The highest BCUT2D eigenvalue weighted by Crippen LogP contribution is 2.13. The Morgan fingerprint density at radius 3 is 1.62 bits per heavy atom. The van der Waals surface area contributed by atoms with Crippen LogP contribution in [0.4, 0.5) is 13.2 Å². The van der Waals surface area contributed by atoms with Crippen molar-refractivity contribution in [3.63, 3.8) is 0 Å². The van der Waals surface area contributed by atoms with Gasteiger partial charge in [-0.05, 0) is 6.92 Å². The van der Waals surface area contributed by atoms with Crippen LogP contribution in [0.2, 0.25) is 0 Å². The van der Waals surface area contributed by atoms with E-state index in [-0.39, 0.29) is 6.61 Å². The number of rotatable bonds is 0. The van der Waals surface area contributed by atoms with E-state index in [0.717, 1.165) is 0 Å². The Hall–Kier alpha value is -1.29. The summed E-state index contributed by atoms with van der Waals surface area (Å²) in [5, 5.41) is 22.0. The summed E-state index contributed by atoms with van der Waals surface area (Å²) in [5.74, 6) is -2.76. The number of carbonyl (C=O) groups is 1. The van der Waals surface area contributed by atoms with E-state index in [2.05, 4.69) is 0 Å². The van der Waals surface area contributed by atoms with E-state index >= 15 is 0 Å². The molecule has 0 spiro atoms. The van der Waals surface area contributed by atoms with Gasteiger partial charge in [0.25, 0.3) is 0 Å². The Morgan fingerprint density at radius 1 is 1.54 bits per heavy atom. The molecule has 0 atom stereocenters. The van der Waals surface area contributed by atoms with Crippen LogP contribution in [-0.2, 0) is 4.79 Å². The molecule has 0 rings (SSSR count). The second-order valence-corrected chi connectivity index (χ2v) is 1.34. The molecule has 0 aromatic heterocycles. The number of aliphatic carboxylic acids is 1. The molecule has 0 radical (unpaired) electrons. The lowest BCUT2D eigenvalue weighted by Gasteiger charge is -1.93. The molecule has 0 bridgehead atoms. The van der Waals surface area contributed by atoms with Gasteiger partial charge in [-0.2, -0.15) is 18.4 Å². The summed E-state index contributed by atoms with van der Waals surface area (Å²) in [6, 6.07) is 1.75. The largest absolute Gasteiger partial charge is 0.490 e. The predicted octanol–water partition coefficient (Wildman–Crippen LogP) is 1.16. The lowest BCUT2D eigenvalue weighted by Crippen LogP contribution is -2.21. The Labute approximate surface area is 73.2 Å². The Morgan fingerprint density at radius 2 is 1.62 bits per heavy atom. The topological polar surface area (TPSA) is 81.3 Å². The van der Waals surface area contributed by atoms with Crippen LogP contribution >= 0.6 is 0 Å². The highest BCUT2D eigenvalue weighted by atomic mass is 19.4. The third-order valence-corrected chi connectivity index (χ3v) is 0.243. The van der Waals surface area contributed by atoms with Crippen molar-refractivity contribution in [2.24, 2.45) is 0 Å². The zero-order valence-corrected chi connectivity index (χ0v) is 7.09. The van der Waals surface area contributed by atoms with Gasteiger partial charge in [0.15, 0.2) is 0 Å². The number of nitrogens with zero attached hydrogens (tertiary/aromatic N) is 1. The van der Waals surface area contributed by atoms with E-state index in [4.69, 9.17) is 20.3 Å². The zero-order chi connectivity index (χ0) is 11.5. The summed E-state index contributed by atoms with van der Waals surface area (Å²) >= 11 is 0. The van der Waals surface area contributed by atoms with Crippen LogP contribution in [-0.4, -0.2) is 29.0 Å². The van der Waals surface area contributed by atoms with Crippen LogP contribution in [0.3, 0.4) is 0 Å². The van der Waals surface area contributed by atoms with Crippen molar-refractivity contribution in [3.8, 4) is 6.07 Å². The molecule has 0 aliphatic heterocycles. The first kappa shape index (κ1) is 17.7. The predicted molar refractivity (Wildman–Crippen MR) is 37.7 cm³/mol. The minimum absolute atomic E-state index is 0.250. The zero-order valence-electron chi connectivity index (χ0n) is 7.09. The lowest BCUT2D eigenvalue weighted by molar-refractivity contribution is -0.192. The van der Waals surface area contributed by atoms with Crippen molar-refractivity contribution >= 4 is 5.97 Å². The molecule has 0 fully saturated rings. The quantitative estimate of drug-likeness (QED) is 0.616. The van der Waals surface area contributed by atoms with E-state index in [9.17, 15) is 13.2 Å². The van der Waals surface area contributed by atoms with Crippen molar-refractivity contribution in [1.29, 1.82) is 5.26 Å². The lowest BCUT2D eigenvalue weighted by atomic mass is 10.7. The van der Waals surface area contributed by atoms with Crippen molar-refractivity contribution in [1.82, 2.24) is 0 Å². The first-order chi connectivity index (χ1) is 5.77. The number of nitriles is 1. The summed E-state index contributed by atoms with van der Waals surface area (Å²) in [4.78, 5) is 8.90. The second-order valence-electron chi connectivity index (χ2n) is 1.34. The van der Waals surface area contributed by atoms with Gasteiger partial charge in [-0.25, -0.2) is 4.79 Å². The normalized spacial score (nSPS) is 8.08. The molecule has 0 saturated heterocycles. The molecule has 78 valence electrons. The molecule has 0 amide bonds. The van der Waals surface area contributed by atoms with E-state index in [0.29, 0.717) is 0 Å². The van der Waals surface area contributed by atoms with Gasteiger partial charge in [-0.1, -0.05) is 0 Å². The average Bonchev–Trinajstić information content (AvgIpc) is 1.88. The number of carboxylic acid groups (broad SMARTS) is 1. The first-order valence-electron chi connectivity index (χ1n) is 2.99.